The van der Waals surface area contributed by atoms with Gasteiger partial charge in [0.2, 0.25) is 0 Å². The van der Waals surface area contributed by atoms with Crippen molar-refractivity contribution in [2.75, 3.05) is 0 Å². The van der Waals surface area contributed by atoms with Gasteiger partial charge in [0, 0.05) is 24.8 Å². The fourth-order valence-electron chi connectivity index (χ4n) is 2.29. The molecule has 19 heavy (non-hydrogen) atoms. The number of aryl methyl sites for hydroxylation is 1. The second kappa shape index (κ2) is 4.79. The van der Waals surface area contributed by atoms with Crippen molar-refractivity contribution in [1.82, 2.24) is 20.0 Å². The molecule has 5 nitrogen and oxygen atoms in total. The number of hydrogen-bond donors (Lipinski definition) is 2. The number of nitrogens with zero attached hydrogens (tertiary/aromatic N) is 3. The van der Waals surface area contributed by atoms with Crippen LogP contribution in [0.4, 0.5) is 0 Å². The number of para-hydroxylation sites is 1. The van der Waals surface area contributed by atoms with E-state index in [0.29, 0.717) is 0 Å². The van der Waals surface area contributed by atoms with Gasteiger partial charge in [0.1, 0.15) is 0 Å². The van der Waals surface area contributed by atoms with Gasteiger partial charge in [-0.1, -0.05) is 18.2 Å². The van der Waals surface area contributed by atoms with Crippen molar-refractivity contribution in [3.8, 4) is 0 Å². The van der Waals surface area contributed by atoms with Gasteiger partial charge in [-0.2, -0.15) is 0 Å². The maximum Gasteiger partial charge on any atom is 0.0947 e. The molecule has 2 heterocycles. The van der Waals surface area contributed by atoms with E-state index in [1.165, 1.54) is 0 Å². The summed E-state index contributed by atoms with van der Waals surface area (Å²) in [5.41, 5.74) is 5.76. The lowest BCUT2D eigenvalue weighted by Gasteiger charge is -2.16. The van der Waals surface area contributed by atoms with E-state index >= 15 is 0 Å². The fourth-order valence-corrected chi connectivity index (χ4v) is 2.29. The molecule has 3 rings (SSSR count). The molecule has 5 heteroatoms. The maximum absolute atomic E-state index is 5.72. The largest absolute Gasteiger partial charge is 0.340 e. The summed E-state index contributed by atoms with van der Waals surface area (Å²) in [6.07, 6.45) is 5.52. The van der Waals surface area contributed by atoms with E-state index < -0.39 is 0 Å². The predicted molar refractivity (Wildman–Crippen MR) is 74.1 cm³/mol. The molecule has 0 aliphatic carbocycles. The molecule has 3 N–H and O–H groups in total. The first-order valence-corrected chi connectivity index (χ1v) is 6.07. The summed E-state index contributed by atoms with van der Waals surface area (Å²) in [7, 11) is 1.94. The molecule has 0 aliphatic rings. The van der Waals surface area contributed by atoms with Gasteiger partial charge in [-0.3, -0.25) is 10.8 Å². The summed E-state index contributed by atoms with van der Waals surface area (Å²) in [6.45, 7) is 0. The third-order valence-electron chi connectivity index (χ3n) is 3.18. The zero-order valence-corrected chi connectivity index (χ0v) is 10.6. The third-order valence-corrected chi connectivity index (χ3v) is 3.18. The molecule has 0 radical (unpaired) electrons. The van der Waals surface area contributed by atoms with Gasteiger partial charge in [0.15, 0.2) is 0 Å². The van der Waals surface area contributed by atoms with Crippen LogP contribution in [0.25, 0.3) is 10.9 Å². The number of rotatable bonds is 3. The van der Waals surface area contributed by atoms with E-state index in [4.69, 9.17) is 5.84 Å². The monoisotopic (exact) mass is 253 g/mol. The van der Waals surface area contributed by atoms with Crippen molar-refractivity contribution < 1.29 is 0 Å². The standard InChI is InChI=1S/C14H15N5/c1-19-8-13(17-9-19)14(18-15)11-6-7-16-12-5-3-2-4-10(11)12/h2-9,14,18H,15H2,1H3. The fraction of sp³-hybridized carbons (Fsp3) is 0.143. The number of imidazole rings is 1. The average molecular weight is 253 g/mol. The molecule has 0 amide bonds. The average Bonchev–Trinajstić information content (AvgIpc) is 2.86. The Bertz CT molecular complexity index is 698. The first-order chi connectivity index (χ1) is 9.29. The smallest absolute Gasteiger partial charge is 0.0947 e. The molecule has 0 bridgehead atoms. The lowest BCUT2D eigenvalue weighted by Crippen LogP contribution is -2.29. The minimum absolute atomic E-state index is 0.144. The minimum Gasteiger partial charge on any atom is -0.340 e. The SMILES string of the molecule is Cn1cnc(C(NN)c2ccnc3ccccc23)c1. The quantitative estimate of drug-likeness (QED) is 0.548. The van der Waals surface area contributed by atoms with E-state index in [0.717, 1.165) is 22.2 Å². The molecule has 0 saturated carbocycles. The zero-order valence-electron chi connectivity index (χ0n) is 10.6. The van der Waals surface area contributed by atoms with Gasteiger partial charge < -0.3 is 4.57 Å². The molecule has 3 aromatic rings. The van der Waals surface area contributed by atoms with Crippen LogP contribution in [0, 0.1) is 0 Å². The molecule has 0 spiro atoms. The number of aromatic nitrogens is 3. The van der Waals surface area contributed by atoms with Crippen molar-refractivity contribution >= 4 is 10.9 Å². The molecule has 1 atom stereocenters. The van der Waals surface area contributed by atoms with Crippen LogP contribution in [0.3, 0.4) is 0 Å². The second-order valence-corrected chi connectivity index (χ2v) is 4.48. The van der Waals surface area contributed by atoms with Crippen molar-refractivity contribution in [3.05, 3.63) is 60.3 Å². The van der Waals surface area contributed by atoms with Gasteiger partial charge in [0.05, 0.1) is 23.6 Å². The predicted octanol–water partition coefficient (Wildman–Crippen LogP) is 1.52. The Hall–Kier alpha value is -2.24. The van der Waals surface area contributed by atoms with Gasteiger partial charge in [-0.25, -0.2) is 10.4 Å². The number of benzene rings is 1. The molecule has 0 aliphatic heterocycles. The van der Waals surface area contributed by atoms with Crippen LogP contribution in [-0.4, -0.2) is 14.5 Å². The van der Waals surface area contributed by atoms with E-state index in [2.05, 4.69) is 15.4 Å². The number of fused-ring (bicyclic) bond motifs is 1. The molecule has 0 saturated heterocycles. The maximum atomic E-state index is 5.72. The van der Waals surface area contributed by atoms with Crippen LogP contribution in [0.1, 0.15) is 17.3 Å². The highest BCUT2D eigenvalue weighted by Crippen LogP contribution is 2.26. The molecule has 1 aromatic carbocycles. The Morgan fingerprint density at radius 3 is 2.79 bits per heavy atom. The van der Waals surface area contributed by atoms with Crippen LogP contribution in [0.2, 0.25) is 0 Å². The number of nitrogens with one attached hydrogen (secondary N) is 1. The Morgan fingerprint density at radius 2 is 2.05 bits per heavy atom. The lowest BCUT2D eigenvalue weighted by molar-refractivity contribution is 0.626. The van der Waals surface area contributed by atoms with Crippen molar-refractivity contribution in [2.24, 2.45) is 12.9 Å². The highest BCUT2D eigenvalue weighted by Gasteiger charge is 2.17. The Balaban J connectivity index is 2.16. The van der Waals surface area contributed by atoms with E-state index in [1.54, 1.807) is 12.5 Å². The normalized spacial score (nSPS) is 12.7. The van der Waals surface area contributed by atoms with Gasteiger partial charge >= 0.3 is 0 Å². The summed E-state index contributed by atoms with van der Waals surface area (Å²) in [6, 6.07) is 9.84. The zero-order chi connectivity index (χ0) is 13.2. The number of hydrazine groups is 1. The molecular formula is C14H15N5. The summed E-state index contributed by atoms with van der Waals surface area (Å²) < 4.78 is 1.91. The topological polar surface area (TPSA) is 68.8 Å². The Kier molecular flexibility index (Phi) is 2.98. The highest BCUT2D eigenvalue weighted by molar-refractivity contribution is 5.82. The minimum atomic E-state index is -0.144. The van der Waals surface area contributed by atoms with Crippen LogP contribution < -0.4 is 11.3 Å². The molecule has 1 unspecified atom stereocenters. The van der Waals surface area contributed by atoms with E-state index in [1.807, 2.05) is 48.1 Å². The van der Waals surface area contributed by atoms with Gasteiger partial charge in [-0.05, 0) is 17.7 Å². The first-order valence-electron chi connectivity index (χ1n) is 6.07. The molecule has 96 valence electrons. The summed E-state index contributed by atoms with van der Waals surface area (Å²) in [4.78, 5) is 8.73. The Labute approximate surface area is 111 Å². The molecular weight excluding hydrogens is 238 g/mol. The lowest BCUT2D eigenvalue weighted by atomic mass is 10.0. The van der Waals surface area contributed by atoms with Crippen molar-refractivity contribution in [1.29, 1.82) is 0 Å². The van der Waals surface area contributed by atoms with Gasteiger partial charge in [0.25, 0.3) is 0 Å². The molecule has 2 aromatic heterocycles. The van der Waals surface area contributed by atoms with Crippen LogP contribution >= 0.6 is 0 Å². The highest BCUT2D eigenvalue weighted by atomic mass is 15.2. The van der Waals surface area contributed by atoms with E-state index in [-0.39, 0.29) is 6.04 Å². The van der Waals surface area contributed by atoms with Crippen molar-refractivity contribution in [2.45, 2.75) is 6.04 Å². The van der Waals surface area contributed by atoms with Crippen LogP contribution in [0.5, 0.6) is 0 Å². The van der Waals surface area contributed by atoms with Crippen molar-refractivity contribution in [3.63, 3.8) is 0 Å². The second-order valence-electron chi connectivity index (χ2n) is 4.48. The number of hydrogen-bond acceptors (Lipinski definition) is 4. The first kappa shape index (κ1) is 11.8. The van der Waals surface area contributed by atoms with E-state index in [9.17, 15) is 0 Å². The summed E-state index contributed by atoms with van der Waals surface area (Å²) in [5.74, 6) is 5.72. The van der Waals surface area contributed by atoms with Gasteiger partial charge in [-0.15, -0.1) is 0 Å². The summed E-state index contributed by atoms with van der Waals surface area (Å²) in [5, 5.41) is 1.08. The van der Waals surface area contributed by atoms with Crippen LogP contribution in [0.15, 0.2) is 49.1 Å². The van der Waals surface area contributed by atoms with Crippen LogP contribution in [-0.2, 0) is 7.05 Å². The molecule has 0 fully saturated rings. The number of pyridine rings is 1. The third kappa shape index (κ3) is 2.09. The summed E-state index contributed by atoms with van der Waals surface area (Å²) >= 11 is 0. The Morgan fingerprint density at radius 1 is 1.21 bits per heavy atom. The number of nitrogens with two attached hydrogens (primary N) is 1.